The van der Waals surface area contributed by atoms with Gasteiger partial charge in [0, 0.05) is 25.7 Å². The van der Waals surface area contributed by atoms with Gasteiger partial charge in [-0.15, -0.1) is 0 Å². The van der Waals surface area contributed by atoms with Crippen LogP contribution >= 0.6 is 0 Å². The second-order valence-corrected chi connectivity index (χ2v) is 10.6. The zero-order chi connectivity index (χ0) is 24.6. The molecule has 2 amide bonds. The lowest BCUT2D eigenvalue weighted by atomic mass is 9.73. The summed E-state index contributed by atoms with van der Waals surface area (Å²) in [6.07, 6.45) is 15.3. The van der Waals surface area contributed by atoms with Crippen LogP contribution in [0.2, 0.25) is 0 Å². The number of aliphatic hydroxyl groups excluding tert-OH is 1. The second-order valence-electron chi connectivity index (χ2n) is 10.6. The summed E-state index contributed by atoms with van der Waals surface area (Å²) in [5, 5.41) is 9.34. The van der Waals surface area contributed by atoms with E-state index >= 15 is 0 Å². The number of hydrogen-bond donors (Lipinski definition) is 1. The molecule has 4 heterocycles. The van der Waals surface area contributed by atoms with Gasteiger partial charge in [-0.1, -0.05) is 50.5 Å². The van der Waals surface area contributed by atoms with Crippen molar-refractivity contribution in [3.63, 3.8) is 0 Å². The van der Waals surface area contributed by atoms with Crippen LogP contribution in [0.5, 0.6) is 0 Å². The molecule has 0 aromatic heterocycles. The van der Waals surface area contributed by atoms with E-state index in [4.69, 9.17) is 9.47 Å². The maximum Gasteiger partial charge on any atom is 0.313 e. The number of cyclic esters (lactones) is 1. The molecule has 5 aliphatic rings. The average Bonchev–Trinajstić information content (AvgIpc) is 3.20. The number of hydrogen-bond acceptors (Lipinski definition) is 6. The smallest absolute Gasteiger partial charge is 0.313 e. The van der Waals surface area contributed by atoms with Gasteiger partial charge in [-0.3, -0.25) is 14.4 Å². The molecule has 1 spiro atoms. The number of carbonyl (C=O) groups excluding carboxylic acids is 3. The minimum absolute atomic E-state index is 0.0263. The molecule has 8 heteroatoms. The van der Waals surface area contributed by atoms with Crippen LogP contribution in [-0.4, -0.2) is 82.3 Å². The first-order valence-electron chi connectivity index (χ1n) is 13.4. The molecule has 0 bridgehead atoms. The molecule has 0 aromatic carbocycles. The summed E-state index contributed by atoms with van der Waals surface area (Å²) in [5.41, 5.74) is -2.21. The lowest BCUT2D eigenvalue weighted by molar-refractivity contribution is -0.162. The Morgan fingerprint density at radius 1 is 1.03 bits per heavy atom. The number of esters is 1. The van der Waals surface area contributed by atoms with E-state index < -0.39 is 35.0 Å². The Kier molecular flexibility index (Phi) is 6.79. The molecule has 1 N–H and O–H groups in total. The van der Waals surface area contributed by atoms with Crippen molar-refractivity contribution in [2.45, 2.75) is 88.0 Å². The molecule has 5 atom stereocenters. The first kappa shape index (κ1) is 24.5. The first-order valence-corrected chi connectivity index (χ1v) is 13.4. The van der Waals surface area contributed by atoms with Gasteiger partial charge in [0.05, 0.1) is 12.5 Å². The molecular weight excluding hydrogens is 448 g/mol. The van der Waals surface area contributed by atoms with Gasteiger partial charge >= 0.3 is 5.97 Å². The molecule has 1 aliphatic carbocycles. The largest absolute Gasteiger partial charge is 0.465 e. The topological polar surface area (TPSA) is 96.4 Å². The summed E-state index contributed by atoms with van der Waals surface area (Å²) >= 11 is 0. The van der Waals surface area contributed by atoms with Gasteiger partial charge in [-0.05, 0) is 38.5 Å². The molecule has 0 radical (unpaired) electrons. The predicted molar refractivity (Wildman–Crippen MR) is 128 cm³/mol. The van der Waals surface area contributed by atoms with Gasteiger partial charge < -0.3 is 24.4 Å². The molecule has 1 saturated carbocycles. The summed E-state index contributed by atoms with van der Waals surface area (Å²) < 4.78 is 12.5. The summed E-state index contributed by atoms with van der Waals surface area (Å²) in [4.78, 5) is 45.3. The third kappa shape index (κ3) is 3.84. The Labute approximate surface area is 207 Å². The van der Waals surface area contributed by atoms with Crippen LogP contribution in [0.1, 0.15) is 64.7 Å². The number of fused-ring (bicyclic) bond motifs is 2. The molecule has 2 saturated heterocycles. The third-order valence-electron chi connectivity index (χ3n) is 8.76. The van der Waals surface area contributed by atoms with Gasteiger partial charge in [-0.25, -0.2) is 0 Å². The second kappa shape index (κ2) is 9.69. The minimum Gasteiger partial charge on any atom is -0.465 e. The normalized spacial score (nSPS) is 37.4. The lowest BCUT2D eigenvalue weighted by Gasteiger charge is -2.40. The summed E-state index contributed by atoms with van der Waals surface area (Å²) in [5.74, 6) is -2.34. The van der Waals surface area contributed by atoms with Crippen molar-refractivity contribution in [3.8, 4) is 0 Å². The van der Waals surface area contributed by atoms with E-state index in [1.807, 2.05) is 36.1 Å². The Morgan fingerprint density at radius 2 is 1.83 bits per heavy atom. The highest BCUT2D eigenvalue weighted by molar-refractivity contribution is 5.99. The Hall–Kier alpha value is -2.19. The van der Waals surface area contributed by atoms with Crippen molar-refractivity contribution < 1.29 is 29.0 Å². The van der Waals surface area contributed by atoms with Crippen LogP contribution in [0.3, 0.4) is 0 Å². The lowest BCUT2D eigenvalue weighted by Crippen LogP contribution is -2.58. The molecule has 5 rings (SSSR count). The van der Waals surface area contributed by atoms with E-state index in [0.29, 0.717) is 38.8 Å². The van der Waals surface area contributed by atoms with Gasteiger partial charge in [-0.2, -0.15) is 0 Å². The van der Waals surface area contributed by atoms with Crippen molar-refractivity contribution in [1.82, 2.24) is 9.80 Å². The Morgan fingerprint density at radius 3 is 2.57 bits per heavy atom. The summed E-state index contributed by atoms with van der Waals surface area (Å²) in [6, 6.07) is -0.665. The fourth-order valence-corrected chi connectivity index (χ4v) is 7.10. The maximum absolute atomic E-state index is 14.3. The highest BCUT2D eigenvalue weighted by atomic mass is 16.6. The number of nitrogens with zero attached hydrogens (tertiary/aromatic N) is 2. The number of carbonyl (C=O) groups is 3. The van der Waals surface area contributed by atoms with Crippen molar-refractivity contribution in [1.29, 1.82) is 0 Å². The molecule has 8 nitrogen and oxygen atoms in total. The minimum atomic E-state index is -1.22. The van der Waals surface area contributed by atoms with Crippen molar-refractivity contribution in [3.05, 3.63) is 24.3 Å². The van der Waals surface area contributed by atoms with Crippen LogP contribution in [0, 0.1) is 11.8 Å². The van der Waals surface area contributed by atoms with Crippen LogP contribution in [-0.2, 0) is 23.9 Å². The monoisotopic (exact) mass is 486 g/mol. The first-order chi connectivity index (χ1) is 17.0. The predicted octanol–water partition coefficient (Wildman–Crippen LogP) is 2.35. The zero-order valence-corrected chi connectivity index (χ0v) is 20.7. The van der Waals surface area contributed by atoms with E-state index in [2.05, 4.69) is 0 Å². The van der Waals surface area contributed by atoms with Gasteiger partial charge in [0.15, 0.2) is 0 Å². The van der Waals surface area contributed by atoms with Gasteiger partial charge in [0.2, 0.25) is 11.8 Å². The van der Waals surface area contributed by atoms with Crippen molar-refractivity contribution in [2.75, 3.05) is 26.3 Å². The van der Waals surface area contributed by atoms with E-state index in [1.165, 1.54) is 6.42 Å². The van der Waals surface area contributed by atoms with Crippen LogP contribution in [0.4, 0.5) is 0 Å². The maximum atomic E-state index is 14.3. The highest BCUT2D eigenvalue weighted by Crippen LogP contribution is 2.58. The van der Waals surface area contributed by atoms with E-state index in [1.54, 1.807) is 4.90 Å². The number of rotatable bonds is 6. The molecule has 4 aliphatic heterocycles. The molecule has 3 fully saturated rings. The van der Waals surface area contributed by atoms with Crippen LogP contribution < -0.4 is 0 Å². The van der Waals surface area contributed by atoms with E-state index in [-0.39, 0.29) is 31.1 Å². The molecular formula is C27H38N2O6. The zero-order valence-electron chi connectivity index (χ0n) is 20.7. The Balaban J connectivity index is 1.60. The number of likely N-dealkylation sites (tertiary alicyclic amines) is 1. The van der Waals surface area contributed by atoms with Crippen LogP contribution in [0.15, 0.2) is 24.3 Å². The molecule has 0 aromatic rings. The SMILES string of the molecule is CC[C@]12C=CCCOC(=O)[C@H]1[C@H]1C(=O)N(CCCCO)C3C(=O)N(C4CCCCC4)CC=C[C@@]31O2. The average molecular weight is 487 g/mol. The fraction of sp³-hybridized carbons (Fsp3) is 0.741. The quantitative estimate of drug-likeness (QED) is 0.352. The number of ether oxygens (including phenoxy) is 2. The van der Waals surface area contributed by atoms with Crippen LogP contribution in [0.25, 0.3) is 0 Å². The highest BCUT2D eigenvalue weighted by Gasteiger charge is 2.75. The summed E-state index contributed by atoms with van der Waals surface area (Å²) in [6.45, 7) is 3.09. The van der Waals surface area contributed by atoms with Crippen molar-refractivity contribution in [2.24, 2.45) is 11.8 Å². The standard InChI is InChI=1S/C27H38N2O6/c1-2-26-13-6-9-18-34-25(33)21(26)20-23(31)29(15-7-8-17-30)22-24(32)28(19-11-4-3-5-12-19)16-10-14-27(20,22)35-26/h6,10,13-14,19-22,30H,2-5,7-9,11-12,15-18H2,1H3/t20-,21+,22?,26-,27-/m0/s1. The third-order valence-corrected chi connectivity index (χ3v) is 8.76. The summed E-state index contributed by atoms with van der Waals surface area (Å²) in [7, 11) is 0. The van der Waals surface area contributed by atoms with E-state index in [0.717, 1.165) is 25.7 Å². The number of amides is 2. The van der Waals surface area contributed by atoms with Crippen molar-refractivity contribution >= 4 is 17.8 Å². The molecule has 35 heavy (non-hydrogen) atoms. The molecule has 1 unspecified atom stereocenters. The van der Waals surface area contributed by atoms with Gasteiger partial charge in [0.1, 0.15) is 23.2 Å². The fourth-order valence-electron chi connectivity index (χ4n) is 7.10. The number of unbranched alkanes of at least 4 members (excludes halogenated alkanes) is 1. The molecule has 192 valence electrons. The number of aliphatic hydroxyl groups is 1. The van der Waals surface area contributed by atoms with Gasteiger partial charge in [0.25, 0.3) is 0 Å². The van der Waals surface area contributed by atoms with E-state index in [9.17, 15) is 19.5 Å². The Bertz CT molecular complexity index is 911.